The van der Waals surface area contributed by atoms with E-state index in [1.165, 1.54) is 0 Å². The number of hydrogen-bond acceptors (Lipinski definition) is 2. The van der Waals surface area contributed by atoms with Crippen molar-refractivity contribution in [1.29, 1.82) is 0 Å². The molecule has 0 aromatic heterocycles. The van der Waals surface area contributed by atoms with Gasteiger partial charge in [0.25, 0.3) is 0 Å². The zero-order chi connectivity index (χ0) is 11.3. The number of rotatable bonds is 5. The maximum absolute atomic E-state index is 11.1. The van der Waals surface area contributed by atoms with Crippen LogP contribution in [0.1, 0.15) is 18.4 Å². The van der Waals surface area contributed by atoms with E-state index in [-0.39, 0.29) is 5.92 Å². The van der Waals surface area contributed by atoms with Crippen molar-refractivity contribution in [3.63, 3.8) is 0 Å². The van der Waals surface area contributed by atoms with Gasteiger partial charge >= 0.3 is 0 Å². The van der Waals surface area contributed by atoms with Crippen LogP contribution in [0.15, 0.2) is 30.3 Å². The molecule has 5 heteroatoms. The summed E-state index contributed by atoms with van der Waals surface area (Å²) in [5.41, 5.74) is 1.11. The van der Waals surface area contributed by atoms with E-state index in [1.54, 1.807) is 0 Å². The SMILES string of the molecule is CC(CNS(=O)(=O)CCl)c1ccccc1. The lowest BCUT2D eigenvalue weighted by Crippen LogP contribution is -2.28. The fraction of sp³-hybridized carbons (Fsp3) is 0.400. The Labute approximate surface area is 95.5 Å². The first-order valence-electron chi connectivity index (χ1n) is 4.63. The Balaban J connectivity index is 2.54. The Kier molecular flexibility index (Phi) is 4.57. The van der Waals surface area contributed by atoms with Gasteiger partial charge in [0.1, 0.15) is 5.21 Å². The predicted molar refractivity (Wildman–Crippen MR) is 62.5 cm³/mol. The molecule has 84 valence electrons. The Morgan fingerprint density at radius 2 is 1.93 bits per heavy atom. The van der Waals surface area contributed by atoms with Gasteiger partial charge in [0, 0.05) is 6.54 Å². The number of nitrogens with one attached hydrogen (secondary N) is 1. The molecule has 3 nitrogen and oxygen atoms in total. The Bertz CT molecular complexity index is 391. The summed E-state index contributed by atoms with van der Waals surface area (Å²) in [6, 6.07) is 9.74. The summed E-state index contributed by atoms with van der Waals surface area (Å²) >= 11 is 5.27. The molecule has 0 saturated heterocycles. The van der Waals surface area contributed by atoms with Crippen molar-refractivity contribution in [3.05, 3.63) is 35.9 Å². The van der Waals surface area contributed by atoms with Crippen molar-refractivity contribution < 1.29 is 8.42 Å². The van der Waals surface area contributed by atoms with Crippen molar-refractivity contribution in [3.8, 4) is 0 Å². The number of benzene rings is 1. The maximum atomic E-state index is 11.1. The topological polar surface area (TPSA) is 46.2 Å². The lowest BCUT2D eigenvalue weighted by molar-refractivity contribution is 0.579. The van der Waals surface area contributed by atoms with Crippen molar-refractivity contribution in [2.45, 2.75) is 12.8 Å². The highest BCUT2D eigenvalue weighted by atomic mass is 35.5. The third-order valence-electron chi connectivity index (χ3n) is 2.12. The lowest BCUT2D eigenvalue weighted by atomic mass is 10.0. The van der Waals surface area contributed by atoms with Gasteiger partial charge in [-0.3, -0.25) is 0 Å². The monoisotopic (exact) mass is 247 g/mol. The van der Waals surface area contributed by atoms with Gasteiger partial charge in [-0.05, 0) is 11.5 Å². The van der Waals surface area contributed by atoms with Gasteiger partial charge in [-0.25, -0.2) is 13.1 Å². The van der Waals surface area contributed by atoms with Gasteiger partial charge in [0.05, 0.1) is 0 Å². The fourth-order valence-electron chi connectivity index (χ4n) is 1.19. The van der Waals surface area contributed by atoms with E-state index in [9.17, 15) is 8.42 Å². The molecule has 1 atom stereocenters. The van der Waals surface area contributed by atoms with E-state index in [4.69, 9.17) is 11.6 Å². The second-order valence-electron chi connectivity index (χ2n) is 3.38. The average molecular weight is 248 g/mol. The molecule has 15 heavy (non-hydrogen) atoms. The third-order valence-corrected chi connectivity index (χ3v) is 3.88. The molecule has 0 radical (unpaired) electrons. The number of halogens is 1. The standard InChI is InChI=1S/C10H14ClNO2S/c1-9(7-12-15(13,14)8-11)10-5-3-2-4-6-10/h2-6,9,12H,7-8H2,1H3. The zero-order valence-electron chi connectivity index (χ0n) is 8.48. The van der Waals surface area contributed by atoms with E-state index < -0.39 is 15.2 Å². The molecule has 1 aromatic carbocycles. The van der Waals surface area contributed by atoms with Crippen LogP contribution < -0.4 is 4.72 Å². The average Bonchev–Trinajstić information content (AvgIpc) is 2.27. The normalized spacial score (nSPS) is 13.7. The zero-order valence-corrected chi connectivity index (χ0v) is 10.1. The fourth-order valence-corrected chi connectivity index (χ4v) is 2.00. The van der Waals surface area contributed by atoms with Crippen LogP contribution >= 0.6 is 11.6 Å². The lowest BCUT2D eigenvalue weighted by Gasteiger charge is -2.12. The highest BCUT2D eigenvalue weighted by Gasteiger charge is 2.11. The molecule has 0 fully saturated rings. The minimum absolute atomic E-state index is 0.143. The quantitative estimate of drug-likeness (QED) is 0.808. The van der Waals surface area contributed by atoms with Crippen LogP contribution in [0.2, 0.25) is 0 Å². The van der Waals surface area contributed by atoms with Crippen LogP contribution in [-0.4, -0.2) is 20.2 Å². The number of hydrogen-bond donors (Lipinski definition) is 1. The van der Waals surface area contributed by atoms with Crippen LogP contribution in [0.3, 0.4) is 0 Å². The molecule has 0 spiro atoms. The Morgan fingerprint density at radius 3 is 2.47 bits per heavy atom. The van der Waals surface area contributed by atoms with E-state index in [0.29, 0.717) is 6.54 Å². The van der Waals surface area contributed by atoms with E-state index in [2.05, 4.69) is 4.72 Å². The molecule has 0 aliphatic heterocycles. The molecule has 0 bridgehead atoms. The summed E-state index contributed by atoms with van der Waals surface area (Å²) in [6.07, 6.45) is 0. The summed E-state index contributed by atoms with van der Waals surface area (Å²) in [6.45, 7) is 2.34. The van der Waals surface area contributed by atoms with Crippen molar-refractivity contribution >= 4 is 21.6 Å². The molecule has 1 rings (SSSR count). The summed E-state index contributed by atoms with van der Waals surface area (Å²) in [4.78, 5) is 0. The highest BCUT2D eigenvalue weighted by Crippen LogP contribution is 2.13. The van der Waals surface area contributed by atoms with E-state index in [1.807, 2.05) is 37.3 Å². The minimum Gasteiger partial charge on any atom is -0.214 e. The van der Waals surface area contributed by atoms with Crippen LogP contribution in [-0.2, 0) is 10.0 Å². The summed E-state index contributed by atoms with van der Waals surface area (Å²) < 4.78 is 24.6. The van der Waals surface area contributed by atoms with Crippen LogP contribution in [0, 0.1) is 0 Å². The second kappa shape index (κ2) is 5.49. The summed E-state index contributed by atoms with van der Waals surface area (Å²) in [5.74, 6) is 0.143. The van der Waals surface area contributed by atoms with Crippen molar-refractivity contribution in [1.82, 2.24) is 4.72 Å². The molecule has 1 N–H and O–H groups in total. The Morgan fingerprint density at radius 1 is 1.33 bits per heavy atom. The molecule has 1 aromatic rings. The molecule has 0 aliphatic carbocycles. The first-order chi connectivity index (χ1) is 7.05. The first-order valence-corrected chi connectivity index (χ1v) is 6.82. The molecule has 1 unspecified atom stereocenters. The highest BCUT2D eigenvalue weighted by molar-refractivity contribution is 7.90. The molecular weight excluding hydrogens is 234 g/mol. The predicted octanol–water partition coefficient (Wildman–Crippen LogP) is 1.91. The van der Waals surface area contributed by atoms with Crippen molar-refractivity contribution in [2.75, 3.05) is 11.8 Å². The maximum Gasteiger partial charge on any atom is 0.225 e. The Hall–Kier alpha value is -0.580. The molecular formula is C10H14ClNO2S. The molecule has 0 saturated carbocycles. The summed E-state index contributed by atoms with van der Waals surface area (Å²) in [5, 5.41) is -0.394. The first kappa shape index (κ1) is 12.5. The van der Waals surface area contributed by atoms with Gasteiger partial charge in [0.15, 0.2) is 0 Å². The second-order valence-corrected chi connectivity index (χ2v) is 5.78. The summed E-state index contributed by atoms with van der Waals surface area (Å²) in [7, 11) is -3.31. The van der Waals surface area contributed by atoms with Crippen LogP contribution in [0.5, 0.6) is 0 Å². The molecule has 0 heterocycles. The largest absolute Gasteiger partial charge is 0.225 e. The van der Waals surface area contributed by atoms with Crippen LogP contribution in [0.4, 0.5) is 0 Å². The third kappa shape index (κ3) is 4.20. The molecule has 0 aliphatic rings. The van der Waals surface area contributed by atoms with Gasteiger partial charge in [0.2, 0.25) is 10.0 Å². The number of alkyl halides is 1. The van der Waals surface area contributed by atoms with Gasteiger partial charge in [-0.15, -0.1) is 11.6 Å². The van der Waals surface area contributed by atoms with E-state index >= 15 is 0 Å². The smallest absolute Gasteiger partial charge is 0.214 e. The van der Waals surface area contributed by atoms with E-state index in [0.717, 1.165) is 5.56 Å². The minimum atomic E-state index is -3.31. The molecule has 0 amide bonds. The van der Waals surface area contributed by atoms with Crippen molar-refractivity contribution in [2.24, 2.45) is 0 Å². The van der Waals surface area contributed by atoms with Gasteiger partial charge in [-0.2, -0.15) is 0 Å². The van der Waals surface area contributed by atoms with Gasteiger partial charge < -0.3 is 0 Å². The van der Waals surface area contributed by atoms with Gasteiger partial charge in [-0.1, -0.05) is 37.3 Å². The van der Waals surface area contributed by atoms with Crippen LogP contribution in [0.25, 0.3) is 0 Å². The number of sulfonamides is 1.